The smallest absolute Gasteiger partial charge is 0.0406 e. The van der Waals surface area contributed by atoms with Crippen LogP contribution in [-0.4, -0.2) is 6.04 Å². The highest BCUT2D eigenvalue weighted by molar-refractivity contribution is 6.30. The molecule has 0 bridgehead atoms. The van der Waals surface area contributed by atoms with E-state index < -0.39 is 0 Å². The Balaban J connectivity index is 2.54. The lowest BCUT2D eigenvalue weighted by molar-refractivity contribution is 0.759. The van der Waals surface area contributed by atoms with E-state index in [9.17, 15) is 0 Å². The van der Waals surface area contributed by atoms with Crippen LogP contribution in [0.3, 0.4) is 0 Å². The van der Waals surface area contributed by atoms with Crippen LogP contribution in [0.5, 0.6) is 0 Å². The van der Waals surface area contributed by atoms with Crippen molar-refractivity contribution in [3.8, 4) is 0 Å². The van der Waals surface area contributed by atoms with Crippen LogP contribution in [0.4, 0.5) is 0 Å². The monoisotopic (exact) mass is 195 g/mol. The van der Waals surface area contributed by atoms with Crippen LogP contribution in [0.2, 0.25) is 5.02 Å². The van der Waals surface area contributed by atoms with Crippen LogP contribution >= 0.6 is 11.6 Å². The van der Waals surface area contributed by atoms with Crippen LogP contribution in [0.1, 0.15) is 18.9 Å². The van der Waals surface area contributed by atoms with Gasteiger partial charge in [-0.25, -0.2) is 0 Å². The minimum absolute atomic E-state index is 0.226. The van der Waals surface area contributed by atoms with Gasteiger partial charge in [0, 0.05) is 11.1 Å². The Morgan fingerprint density at radius 1 is 1.38 bits per heavy atom. The minimum atomic E-state index is 0.226. The topological polar surface area (TPSA) is 26.0 Å². The first-order valence-corrected chi connectivity index (χ1v) is 4.74. The lowest BCUT2D eigenvalue weighted by atomic mass is 10.1. The Morgan fingerprint density at radius 3 is 2.54 bits per heavy atom. The standard InChI is InChI=1S/C11H14ClN/c1-9(13)3-2-4-10-5-7-11(12)8-6-10/h2,4-9H,3,13H2,1H3. The molecule has 0 heterocycles. The van der Waals surface area contributed by atoms with Gasteiger partial charge in [-0.1, -0.05) is 35.9 Å². The molecular weight excluding hydrogens is 182 g/mol. The zero-order chi connectivity index (χ0) is 9.68. The van der Waals surface area contributed by atoms with Crippen molar-refractivity contribution in [1.29, 1.82) is 0 Å². The van der Waals surface area contributed by atoms with Crippen LogP contribution < -0.4 is 5.73 Å². The molecule has 13 heavy (non-hydrogen) atoms. The number of benzene rings is 1. The van der Waals surface area contributed by atoms with Crippen LogP contribution in [0, 0.1) is 0 Å². The number of nitrogens with two attached hydrogens (primary N) is 1. The van der Waals surface area contributed by atoms with Crippen LogP contribution in [-0.2, 0) is 0 Å². The number of hydrogen-bond acceptors (Lipinski definition) is 1. The number of hydrogen-bond donors (Lipinski definition) is 1. The molecule has 1 aromatic rings. The molecule has 0 aliphatic rings. The Morgan fingerprint density at radius 2 is 2.00 bits per heavy atom. The third-order valence-electron chi connectivity index (χ3n) is 1.69. The molecule has 1 atom stereocenters. The fourth-order valence-corrected chi connectivity index (χ4v) is 1.12. The molecule has 70 valence electrons. The SMILES string of the molecule is CC(N)CC=Cc1ccc(Cl)cc1. The largest absolute Gasteiger partial charge is 0.328 e. The molecule has 1 nitrogen and oxygen atoms in total. The Kier molecular flexibility index (Phi) is 4.00. The summed E-state index contributed by atoms with van der Waals surface area (Å²) in [5.41, 5.74) is 6.77. The van der Waals surface area contributed by atoms with E-state index in [1.54, 1.807) is 0 Å². The average Bonchev–Trinajstić information content (AvgIpc) is 2.08. The zero-order valence-electron chi connectivity index (χ0n) is 7.70. The maximum absolute atomic E-state index is 5.75. The summed E-state index contributed by atoms with van der Waals surface area (Å²) >= 11 is 5.75. The van der Waals surface area contributed by atoms with Gasteiger partial charge in [0.15, 0.2) is 0 Å². The predicted molar refractivity (Wildman–Crippen MR) is 58.8 cm³/mol. The zero-order valence-corrected chi connectivity index (χ0v) is 8.46. The predicted octanol–water partition coefficient (Wildman–Crippen LogP) is 3.09. The van der Waals surface area contributed by atoms with E-state index in [0.29, 0.717) is 0 Å². The molecule has 0 fully saturated rings. The highest BCUT2D eigenvalue weighted by atomic mass is 35.5. The normalized spacial score (nSPS) is 13.5. The quantitative estimate of drug-likeness (QED) is 0.788. The van der Waals surface area contributed by atoms with Gasteiger partial charge in [-0.05, 0) is 31.0 Å². The second kappa shape index (κ2) is 5.05. The molecule has 0 amide bonds. The fraction of sp³-hybridized carbons (Fsp3) is 0.273. The summed E-state index contributed by atoms with van der Waals surface area (Å²) in [5, 5.41) is 0.768. The molecule has 0 saturated heterocycles. The summed E-state index contributed by atoms with van der Waals surface area (Å²) in [6.07, 6.45) is 5.04. The average molecular weight is 196 g/mol. The third kappa shape index (κ3) is 4.11. The first-order chi connectivity index (χ1) is 6.18. The van der Waals surface area contributed by atoms with E-state index >= 15 is 0 Å². The van der Waals surface area contributed by atoms with E-state index in [1.807, 2.05) is 31.2 Å². The first kappa shape index (κ1) is 10.3. The molecular formula is C11H14ClN. The number of halogens is 1. The van der Waals surface area contributed by atoms with Gasteiger partial charge in [0.1, 0.15) is 0 Å². The summed E-state index contributed by atoms with van der Waals surface area (Å²) < 4.78 is 0. The molecule has 2 heteroatoms. The molecule has 0 spiro atoms. The molecule has 0 radical (unpaired) electrons. The molecule has 1 rings (SSSR count). The first-order valence-electron chi connectivity index (χ1n) is 4.36. The summed E-state index contributed by atoms with van der Waals surface area (Å²) in [5.74, 6) is 0. The molecule has 2 N–H and O–H groups in total. The maximum atomic E-state index is 5.75. The van der Waals surface area contributed by atoms with Gasteiger partial charge in [-0.3, -0.25) is 0 Å². The van der Waals surface area contributed by atoms with Crippen LogP contribution in [0.15, 0.2) is 30.3 Å². The lowest BCUT2D eigenvalue weighted by Crippen LogP contribution is -2.12. The van der Waals surface area contributed by atoms with E-state index in [1.165, 1.54) is 0 Å². The van der Waals surface area contributed by atoms with E-state index in [2.05, 4.69) is 12.2 Å². The van der Waals surface area contributed by atoms with Gasteiger partial charge in [0.2, 0.25) is 0 Å². The van der Waals surface area contributed by atoms with Crippen molar-refractivity contribution < 1.29 is 0 Å². The molecule has 0 aliphatic carbocycles. The van der Waals surface area contributed by atoms with Crippen molar-refractivity contribution in [1.82, 2.24) is 0 Å². The Bertz CT molecular complexity index is 275. The van der Waals surface area contributed by atoms with Gasteiger partial charge in [-0.15, -0.1) is 0 Å². The summed E-state index contributed by atoms with van der Waals surface area (Å²) in [6.45, 7) is 1.99. The van der Waals surface area contributed by atoms with Crippen molar-refractivity contribution in [2.45, 2.75) is 19.4 Å². The summed E-state index contributed by atoms with van der Waals surface area (Å²) in [7, 11) is 0. The minimum Gasteiger partial charge on any atom is -0.328 e. The van der Waals surface area contributed by atoms with Gasteiger partial charge in [0.05, 0.1) is 0 Å². The summed E-state index contributed by atoms with van der Waals surface area (Å²) in [6, 6.07) is 7.96. The summed E-state index contributed by atoms with van der Waals surface area (Å²) in [4.78, 5) is 0. The molecule has 0 aliphatic heterocycles. The van der Waals surface area contributed by atoms with E-state index in [0.717, 1.165) is 17.0 Å². The number of rotatable bonds is 3. The Labute approximate surface area is 84.2 Å². The molecule has 1 aromatic carbocycles. The van der Waals surface area contributed by atoms with Gasteiger partial charge < -0.3 is 5.73 Å². The van der Waals surface area contributed by atoms with Crippen molar-refractivity contribution >= 4 is 17.7 Å². The maximum Gasteiger partial charge on any atom is 0.0406 e. The van der Waals surface area contributed by atoms with Crippen molar-refractivity contribution in [3.63, 3.8) is 0 Å². The third-order valence-corrected chi connectivity index (χ3v) is 1.94. The van der Waals surface area contributed by atoms with E-state index in [4.69, 9.17) is 17.3 Å². The second-order valence-electron chi connectivity index (χ2n) is 3.17. The highest BCUT2D eigenvalue weighted by Gasteiger charge is 1.89. The van der Waals surface area contributed by atoms with E-state index in [-0.39, 0.29) is 6.04 Å². The Hall–Kier alpha value is -0.790. The van der Waals surface area contributed by atoms with Gasteiger partial charge in [0.25, 0.3) is 0 Å². The molecule has 1 unspecified atom stereocenters. The highest BCUT2D eigenvalue weighted by Crippen LogP contribution is 2.10. The second-order valence-corrected chi connectivity index (χ2v) is 3.60. The van der Waals surface area contributed by atoms with Crippen molar-refractivity contribution in [3.05, 3.63) is 40.9 Å². The van der Waals surface area contributed by atoms with Gasteiger partial charge in [-0.2, -0.15) is 0 Å². The van der Waals surface area contributed by atoms with Crippen LogP contribution in [0.25, 0.3) is 6.08 Å². The lowest BCUT2D eigenvalue weighted by Gasteiger charge is -1.97. The van der Waals surface area contributed by atoms with Crippen molar-refractivity contribution in [2.75, 3.05) is 0 Å². The molecule has 0 aromatic heterocycles. The fourth-order valence-electron chi connectivity index (χ4n) is 0.993. The van der Waals surface area contributed by atoms with Gasteiger partial charge >= 0.3 is 0 Å². The molecule has 0 saturated carbocycles. The van der Waals surface area contributed by atoms with Crippen molar-refractivity contribution in [2.24, 2.45) is 5.73 Å².